The number of allylic oxidation sites excluding steroid dienone is 1. The fourth-order valence-electron chi connectivity index (χ4n) is 7.01. The first-order valence-corrected chi connectivity index (χ1v) is 15.7. The molecule has 2 aromatic rings. The Kier molecular flexibility index (Phi) is 8.81. The number of nitrogens with zero attached hydrogens (tertiary/aromatic N) is 2. The van der Waals surface area contributed by atoms with Gasteiger partial charge in [-0.25, -0.2) is 0 Å². The van der Waals surface area contributed by atoms with Gasteiger partial charge in [0.1, 0.15) is 18.2 Å². The summed E-state index contributed by atoms with van der Waals surface area (Å²) in [4.78, 5) is 58.9. The Bertz CT molecular complexity index is 1510. The van der Waals surface area contributed by atoms with Crippen molar-refractivity contribution >= 4 is 41.0 Å². The molecule has 0 unspecified atom stereocenters. The van der Waals surface area contributed by atoms with Crippen molar-refractivity contribution in [2.45, 2.75) is 56.0 Å². The van der Waals surface area contributed by atoms with E-state index in [4.69, 9.17) is 21.1 Å². The third kappa shape index (κ3) is 5.55. The van der Waals surface area contributed by atoms with Crippen LogP contribution in [0.15, 0.2) is 78.9 Å². The molecular formula is C34H36ClN3O7. The van der Waals surface area contributed by atoms with Crippen molar-refractivity contribution in [1.82, 2.24) is 10.2 Å². The van der Waals surface area contributed by atoms with Crippen molar-refractivity contribution in [2.24, 2.45) is 11.8 Å². The van der Waals surface area contributed by atoms with Crippen molar-refractivity contribution in [2.75, 3.05) is 24.7 Å². The quantitative estimate of drug-likeness (QED) is 0.382. The van der Waals surface area contributed by atoms with Gasteiger partial charge in [-0.1, -0.05) is 73.2 Å². The largest absolute Gasteiger partial charge is 0.463 e. The summed E-state index contributed by atoms with van der Waals surface area (Å²) in [6.45, 7) is 1.53. The Morgan fingerprint density at radius 2 is 1.80 bits per heavy atom. The molecule has 6 rings (SSSR count). The van der Waals surface area contributed by atoms with Gasteiger partial charge in [0.05, 0.1) is 36.6 Å². The van der Waals surface area contributed by atoms with E-state index in [1.165, 1.54) is 4.90 Å². The van der Waals surface area contributed by atoms with Gasteiger partial charge in [-0.05, 0) is 42.7 Å². The molecule has 2 fully saturated rings. The number of carbonyl (C=O) groups excluding carboxylic acids is 4. The third-order valence-electron chi connectivity index (χ3n) is 9.23. The molecule has 4 heterocycles. The summed E-state index contributed by atoms with van der Waals surface area (Å²) in [6, 6.07) is 13.5. The first kappa shape index (κ1) is 31.0. The minimum atomic E-state index is -1.42. The van der Waals surface area contributed by atoms with Crippen LogP contribution in [0.2, 0.25) is 5.02 Å². The van der Waals surface area contributed by atoms with Gasteiger partial charge in [-0.3, -0.25) is 19.2 Å². The Labute approximate surface area is 266 Å². The number of aliphatic hydroxyl groups is 1. The van der Waals surface area contributed by atoms with Crippen LogP contribution < -0.4 is 10.2 Å². The summed E-state index contributed by atoms with van der Waals surface area (Å²) in [5.41, 5.74) is -0.129. The lowest BCUT2D eigenvalue weighted by molar-refractivity contribution is -0.146. The SMILES string of the molecule is CC[C@@H](CO)N1C(=O)[C@H]2[C@@H]3C(=O)N[C@H](c4ccccc4)COC(=O)CC/C=C\CN(c4ccc(Cl)cc4)C(=O)[C@H]1[C@@]21C=C[C@@H]3O1. The van der Waals surface area contributed by atoms with Gasteiger partial charge in [0.25, 0.3) is 5.91 Å². The third-order valence-corrected chi connectivity index (χ3v) is 9.48. The molecule has 2 aromatic carbocycles. The number of anilines is 1. The molecule has 0 radical (unpaired) electrons. The standard InChI is InChI=1S/C34H36ClN3O7/c1-2-23(19-39)38-30-33(43)37(24-14-12-22(35)13-15-24)18-8-4-7-11-27(40)44-20-25(21-9-5-3-6-10-21)36-31(41)28-26-16-17-34(30,45-26)29(28)32(38)42/h3-6,8-10,12-17,23,25-26,28-30,39H,2,7,11,18-20H2,1H3,(H,36,41)/b8-4-/t23-,25-,26-,28+,29+,30-,34+/m0/s1. The fraction of sp³-hybridized carbons (Fsp3) is 0.412. The predicted octanol–water partition coefficient (Wildman–Crippen LogP) is 3.35. The van der Waals surface area contributed by atoms with Crippen LogP contribution in [0.1, 0.15) is 37.8 Å². The van der Waals surface area contributed by atoms with Crippen LogP contribution in [-0.2, 0) is 28.7 Å². The number of nitrogens with one attached hydrogen (secondary N) is 1. The molecule has 236 valence electrons. The number of amides is 3. The Balaban J connectivity index is 1.45. The number of halogens is 1. The summed E-state index contributed by atoms with van der Waals surface area (Å²) in [5, 5.41) is 13.9. The number of benzene rings is 2. The van der Waals surface area contributed by atoms with Gasteiger partial charge in [-0.15, -0.1) is 0 Å². The molecule has 4 aliphatic heterocycles. The Morgan fingerprint density at radius 1 is 1.04 bits per heavy atom. The highest BCUT2D eigenvalue weighted by Crippen LogP contribution is 2.56. The zero-order valence-electron chi connectivity index (χ0n) is 24.9. The van der Waals surface area contributed by atoms with Crippen molar-refractivity contribution in [1.29, 1.82) is 0 Å². The van der Waals surface area contributed by atoms with E-state index in [1.54, 1.807) is 53.5 Å². The highest BCUT2D eigenvalue weighted by molar-refractivity contribution is 6.30. The average molecular weight is 634 g/mol. The predicted molar refractivity (Wildman–Crippen MR) is 166 cm³/mol. The second-order valence-corrected chi connectivity index (χ2v) is 12.2. The topological polar surface area (TPSA) is 125 Å². The summed E-state index contributed by atoms with van der Waals surface area (Å²) in [5.74, 6) is -3.65. The first-order valence-electron chi connectivity index (χ1n) is 15.3. The van der Waals surface area contributed by atoms with E-state index in [-0.39, 0.29) is 26.2 Å². The van der Waals surface area contributed by atoms with E-state index in [2.05, 4.69) is 5.32 Å². The maximum Gasteiger partial charge on any atom is 0.306 e. The van der Waals surface area contributed by atoms with Gasteiger partial charge >= 0.3 is 5.97 Å². The lowest BCUT2D eigenvalue weighted by Crippen LogP contribution is -2.58. The zero-order chi connectivity index (χ0) is 31.7. The van der Waals surface area contributed by atoms with Crippen molar-refractivity contribution in [3.05, 3.63) is 89.5 Å². The van der Waals surface area contributed by atoms with Gasteiger partial charge in [0, 0.05) is 23.7 Å². The lowest BCUT2D eigenvalue weighted by Gasteiger charge is -2.38. The average Bonchev–Trinajstić information content (AvgIpc) is 3.69. The van der Waals surface area contributed by atoms with Gasteiger partial charge < -0.3 is 29.7 Å². The van der Waals surface area contributed by atoms with E-state index >= 15 is 0 Å². The minimum Gasteiger partial charge on any atom is -0.463 e. The molecule has 11 heteroatoms. The van der Waals surface area contributed by atoms with Crippen molar-refractivity contribution in [3.63, 3.8) is 0 Å². The molecule has 45 heavy (non-hydrogen) atoms. The first-order chi connectivity index (χ1) is 21.8. The summed E-state index contributed by atoms with van der Waals surface area (Å²) in [7, 11) is 0. The molecule has 3 amide bonds. The minimum absolute atomic E-state index is 0.0872. The Morgan fingerprint density at radius 3 is 2.51 bits per heavy atom. The second-order valence-electron chi connectivity index (χ2n) is 11.8. The number of rotatable bonds is 5. The van der Waals surface area contributed by atoms with Crippen LogP contribution in [0, 0.1) is 11.8 Å². The molecule has 1 spiro atoms. The van der Waals surface area contributed by atoms with Crippen LogP contribution in [0.3, 0.4) is 0 Å². The van der Waals surface area contributed by atoms with E-state index in [0.29, 0.717) is 23.6 Å². The summed E-state index contributed by atoms with van der Waals surface area (Å²) in [6.07, 6.45) is 7.23. The molecule has 2 N–H and O–H groups in total. The molecule has 10 nitrogen and oxygen atoms in total. The highest BCUT2D eigenvalue weighted by atomic mass is 35.5. The van der Waals surface area contributed by atoms with Crippen LogP contribution in [0.25, 0.3) is 0 Å². The van der Waals surface area contributed by atoms with E-state index < -0.39 is 65.4 Å². The number of aliphatic hydroxyl groups excluding tert-OH is 1. The monoisotopic (exact) mass is 633 g/mol. The molecule has 7 atom stereocenters. The number of cyclic esters (lactones) is 1. The molecule has 0 aromatic heterocycles. The number of carbonyl (C=O) groups is 4. The van der Waals surface area contributed by atoms with Crippen LogP contribution >= 0.6 is 11.6 Å². The zero-order valence-corrected chi connectivity index (χ0v) is 25.6. The number of likely N-dealkylation sites (tertiary alicyclic amines) is 1. The van der Waals surface area contributed by atoms with Gasteiger partial charge in [0.15, 0.2) is 0 Å². The highest BCUT2D eigenvalue weighted by Gasteiger charge is 2.73. The number of hydrogen-bond donors (Lipinski definition) is 2. The van der Waals surface area contributed by atoms with Crippen molar-refractivity contribution < 1.29 is 33.8 Å². The normalized spacial score (nSPS) is 31.5. The van der Waals surface area contributed by atoms with Crippen LogP contribution in [0.4, 0.5) is 5.69 Å². The maximum atomic E-state index is 14.8. The van der Waals surface area contributed by atoms with Gasteiger partial charge in [0.2, 0.25) is 11.8 Å². The molecule has 5 bridgehead atoms. The number of ether oxygens (including phenoxy) is 2. The fourth-order valence-corrected chi connectivity index (χ4v) is 7.13. The molecular weight excluding hydrogens is 598 g/mol. The lowest BCUT2D eigenvalue weighted by atomic mass is 9.74. The molecule has 0 aliphatic carbocycles. The smallest absolute Gasteiger partial charge is 0.306 e. The van der Waals surface area contributed by atoms with Crippen molar-refractivity contribution in [3.8, 4) is 0 Å². The summed E-state index contributed by atoms with van der Waals surface area (Å²) < 4.78 is 12.1. The van der Waals surface area contributed by atoms with Crippen LogP contribution in [0.5, 0.6) is 0 Å². The van der Waals surface area contributed by atoms with E-state index in [1.807, 2.05) is 37.3 Å². The second kappa shape index (κ2) is 12.8. The van der Waals surface area contributed by atoms with E-state index in [0.717, 1.165) is 5.56 Å². The van der Waals surface area contributed by atoms with Gasteiger partial charge in [-0.2, -0.15) is 0 Å². The van der Waals surface area contributed by atoms with Crippen LogP contribution in [-0.4, -0.2) is 77.2 Å². The Hall–Kier alpha value is -3.99. The molecule has 2 saturated heterocycles. The summed E-state index contributed by atoms with van der Waals surface area (Å²) >= 11 is 6.16. The molecule has 4 aliphatic rings. The van der Waals surface area contributed by atoms with E-state index in [9.17, 15) is 24.3 Å². The number of fused-ring (bicyclic) bond motifs is 2. The number of esters is 1. The maximum absolute atomic E-state index is 14.8. The number of hydrogen-bond acceptors (Lipinski definition) is 7. The molecule has 0 saturated carbocycles.